The Kier molecular flexibility index (Phi) is 2.56. The molecule has 0 atom stereocenters. The summed E-state index contributed by atoms with van der Waals surface area (Å²) in [6.45, 7) is 0.363. The van der Waals surface area contributed by atoms with Crippen molar-refractivity contribution in [1.29, 1.82) is 0 Å². The first-order chi connectivity index (χ1) is 5.27. The number of aromatic nitrogens is 1. The van der Waals surface area contributed by atoms with Gasteiger partial charge in [-0.2, -0.15) is 0 Å². The molecule has 0 fully saturated rings. The second-order valence-corrected chi connectivity index (χ2v) is 2.76. The highest BCUT2D eigenvalue weighted by Crippen LogP contribution is 2.09. The van der Waals surface area contributed by atoms with Crippen molar-refractivity contribution in [2.75, 3.05) is 7.11 Å². The molecule has 0 saturated carbocycles. The average Bonchev–Trinajstić information content (AvgIpc) is 2.50. The van der Waals surface area contributed by atoms with E-state index >= 15 is 0 Å². The Morgan fingerprint density at radius 3 is 3.09 bits per heavy atom. The predicted octanol–water partition coefficient (Wildman–Crippen LogP) is 0.388. The molecule has 4 nitrogen and oxygen atoms in total. The number of esters is 1. The highest BCUT2D eigenvalue weighted by Gasteiger charge is 2.08. The number of carbonyl (C=O) groups excluding carboxylic acids is 1. The predicted molar refractivity (Wildman–Crippen MR) is 41.3 cm³/mol. The first-order valence-electron chi connectivity index (χ1n) is 3.00. The van der Waals surface area contributed by atoms with Gasteiger partial charge in [-0.25, -0.2) is 9.78 Å². The van der Waals surface area contributed by atoms with E-state index in [1.807, 2.05) is 0 Å². The molecule has 2 N–H and O–H groups in total. The van der Waals surface area contributed by atoms with Crippen molar-refractivity contribution in [3.63, 3.8) is 0 Å². The van der Waals surface area contributed by atoms with Crippen molar-refractivity contribution < 1.29 is 9.53 Å². The third-order valence-electron chi connectivity index (χ3n) is 1.12. The summed E-state index contributed by atoms with van der Waals surface area (Å²) in [5.41, 5.74) is 5.63. The normalized spacial score (nSPS) is 9.64. The number of carbonyl (C=O) groups is 1. The molecule has 0 unspecified atom stereocenters. The van der Waals surface area contributed by atoms with E-state index in [1.54, 1.807) is 5.38 Å². The molecule has 1 rings (SSSR count). The van der Waals surface area contributed by atoms with Crippen LogP contribution in [-0.2, 0) is 11.3 Å². The molecule has 0 aromatic carbocycles. The van der Waals surface area contributed by atoms with E-state index in [2.05, 4.69) is 9.72 Å². The van der Waals surface area contributed by atoms with Crippen LogP contribution in [0, 0.1) is 0 Å². The van der Waals surface area contributed by atoms with Gasteiger partial charge in [0.25, 0.3) is 0 Å². The summed E-state index contributed by atoms with van der Waals surface area (Å²) in [6, 6.07) is 0. The highest BCUT2D eigenvalue weighted by atomic mass is 32.1. The van der Waals surface area contributed by atoms with Crippen LogP contribution >= 0.6 is 11.3 Å². The molecule has 5 heteroatoms. The maximum Gasteiger partial charge on any atom is 0.357 e. The zero-order valence-electron chi connectivity index (χ0n) is 6.03. The summed E-state index contributed by atoms with van der Waals surface area (Å²) >= 11 is 1.36. The van der Waals surface area contributed by atoms with Gasteiger partial charge in [0.15, 0.2) is 5.69 Å². The standard InChI is InChI=1S/C6H8N2O2S/c1-10-6(9)4-3-11-5(2-7)8-4/h3H,2,7H2,1H3. The maximum atomic E-state index is 10.8. The molecule has 1 heterocycles. The van der Waals surface area contributed by atoms with Gasteiger partial charge in [0.1, 0.15) is 5.01 Å². The van der Waals surface area contributed by atoms with E-state index < -0.39 is 5.97 Å². The van der Waals surface area contributed by atoms with Crippen molar-refractivity contribution in [1.82, 2.24) is 4.98 Å². The summed E-state index contributed by atoms with van der Waals surface area (Å²) < 4.78 is 4.46. The molecule has 1 aromatic rings. The largest absolute Gasteiger partial charge is 0.464 e. The van der Waals surface area contributed by atoms with E-state index in [-0.39, 0.29) is 0 Å². The molecule has 0 radical (unpaired) electrons. The number of methoxy groups -OCH3 is 1. The fourth-order valence-corrected chi connectivity index (χ4v) is 1.25. The summed E-state index contributed by atoms with van der Waals surface area (Å²) in [4.78, 5) is 14.7. The minimum atomic E-state index is -0.416. The zero-order valence-corrected chi connectivity index (χ0v) is 6.85. The number of thiazole rings is 1. The van der Waals surface area contributed by atoms with E-state index in [9.17, 15) is 4.79 Å². The van der Waals surface area contributed by atoms with Crippen LogP contribution in [0.25, 0.3) is 0 Å². The van der Waals surface area contributed by atoms with Crippen LogP contribution in [-0.4, -0.2) is 18.1 Å². The topological polar surface area (TPSA) is 65.2 Å². The van der Waals surface area contributed by atoms with Gasteiger partial charge in [-0.3, -0.25) is 0 Å². The van der Waals surface area contributed by atoms with E-state index in [4.69, 9.17) is 5.73 Å². The summed E-state index contributed by atoms with van der Waals surface area (Å²) in [5, 5.41) is 2.37. The molecule has 0 aliphatic carbocycles. The minimum absolute atomic E-state index is 0.331. The molecule has 0 aliphatic rings. The van der Waals surface area contributed by atoms with Crippen LogP contribution in [0.15, 0.2) is 5.38 Å². The highest BCUT2D eigenvalue weighted by molar-refractivity contribution is 7.09. The number of hydrogen-bond acceptors (Lipinski definition) is 5. The summed E-state index contributed by atoms with van der Waals surface area (Å²) in [5.74, 6) is -0.416. The Labute approximate surface area is 68.0 Å². The molecule has 0 saturated heterocycles. The number of nitrogens with zero attached hydrogens (tertiary/aromatic N) is 1. The lowest BCUT2D eigenvalue weighted by molar-refractivity contribution is 0.0595. The quantitative estimate of drug-likeness (QED) is 0.655. The van der Waals surface area contributed by atoms with E-state index in [0.717, 1.165) is 5.01 Å². The van der Waals surface area contributed by atoms with Crippen molar-refractivity contribution in [2.24, 2.45) is 5.73 Å². The summed E-state index contributed by atoms with van der Waals surface area (Å²) in [6.07, 6.45) is 0. The van der Waals surface area contributed by atoms with Gasteiger partial charge in [0, 0.05) is 11.9 Å². The molecular formula is C6H8N2O2S. The molecule has 0 amide bonds. The van der Waals surface area contributed by atoms with Crippen LogP contribution in [0.2, 0.25) is 0 Å². The molecule has 0 bridgehead atoms. The first kappa shape index (κ1) is 8.16. The van der Waals surface area contributed by atoms with Crippen molar-refractivity contribution in [3.05, 3.63) is 16.1 Å². The lowest BCUT2D eigenvalue weighted by atomic mass is 10.5. The number of ether oxygens (including phenoxy) is 1. The Balaban J connectivity index is 2.80. The molecule has 0 spiro atoms. The van der Waals surface area contributed by atoms with Crippen LogP contribution in [0.4, 0.5) is 0 Å². The summed E-state index contributed by atoms with van der Waals surface area (Å²) in [7, 11) is 1.32. The number of rotatable bonds is 2. The SMILES string of the molecule is COC(=O)c1csc(CN)n1. The zero-order chi connectivity index (χ0) is 8.27. The van der Waals surface area contributed by atoms with Crippen molar-refractivity contribution in [2.45, 2.75) is 6.54 Å². The average molecular weight is 172 g/mol. The van der Waals surface area contributed by atoms with Crippen LogP contribution < -0.4 is 5.73 Å². The lowest BCUT2D eigenvalue weighted by Gasteiger charge is -1.90. The Morgan fingerprint density at radius 1 is 1.91 bits per heavy atom. The molecular weight excluding hydrogens is 164 g/mol. The van der Waals surface area contributed by atoms with Crippen LogP contribution in [0.3, 0.4) is 0 Å². The Morgan fingerprint density at radius 2 is 2.64 bits per heavy atom. The smallest absolute Gasteiger partial charge is 0.357 e. The molecule has 11 heavy (non-hydrogen) atoms. The maximum absolute atomic E-state index is 10.8. The third-order valence-corrected chi connectivity index (χ3v) is 1.99. The van der Waals surface area contributed by atoms with Gasteiger partial charge in [-0.15, -0.1) is 11.3 Å². The van der Waals surface area contributed by atoms with E-state index in [1.165, 1.54) is 18.4 Å². The van der Waals surface area contributed by atoms with Crippen LogP contribution in [0.1, 0.15) is 15.5 Å². The molecule has 60 valence electrons. The van der Waals surface area contributed by atoms with Gasteiger partial charge < -0.3 is 10.5 Å². The molecule has 0 aliphatic heterocycles. The van der Waals surface area contributed by atoms with Gasteiger partial charge in [-0.1, -0.05) is 0 Å². The Bertz CT molecular complexity index is 259. The van der Waals surface area contributed by atoms with Crippen LogP contribution in [0.5, 0.6) is 0 Å². The van der Waals surface area contributed by atoms with Crippen molar-refractivity contribution in [3.8, 4) is 0 Å². The van der Waals surface area contributed by atoms with Crippen molar-refractivity contribution >= 4 is 17.3 Å². The fourth-order valence-electron chi connectivity index (χ4n) is 0.603. The monoisotopic (exact) mass is 172 g/mol. The fraction of sp³-hybridized carbons (Fsp3) is 0.333. The van der Waals surface area contributed by atoms with Gasteiger partial charge in [-0.05, 0) is 0 Å². The third kappa shape index (κ3) is 1.75. The number of nitrogens with two attached hydrogens (primary N) is 1. The van der Waals surface area contributed by atoms with Gasteiger partial charge in [0.05, 0.1) is 7.11 Å². The van der Waals surface area contributed by atoms with Gasteiger partial charge >= 0.3 is 5.97 Å². The van der Waals surface area contributed by atoms with Gasteiger partial charge in [0.2, 0.25) is 0 Å². The number of hydrogen-bond donors (Lipinski definition) is 1. The lowest BCUT2D eigenvalue weighted by Crippen LogP contribution is -2.02. The van der Waals surface area contributed by atoms with E-state index in [0.29, 0.717) is 12.2 Å². The minimum Gasteiger partial charge on any atom is -0.464 e. The first-order valence-corrected chi connectivity index (χ1v) is 3.88. The molecule has 1 aromatic heterocycles. The second kappa shape index (κ2) is 3.45. The second-order valence-electron chi connectivity index (χ2n) is 1.82. The Hall–Kier alpha value is -0.940.